The Labute approximate surface area is 106 Å². The summed E-state index contributed by atoms with van der Waals surface area (Å²) in [5.41, 5.74) is 6.76. The summed E-state index contributed by atoms with van der Waals surface area (Å²) in [5.74, 6) is 0.00317. The minimum absolute atomic E-state index is 0.00317. The third-order valence-corrected chi connectivity index (χ3v) is 2.42. The molecule has 1 unspecified atom stereocenters. The molecule has 92 valence electrons. The summed E-state index contributed by atoms with van der Waals surface area (Å²) < 4.78 is 0. The molecule has 1 rings (SSSR count). The fourth-order valence-electron chi connectivity index (χ4n) is 1.32. The van der Waals surface area contributed by atoms with E-state index in [1.807, 2.05) is 0 Å². The number of thiocarbonyl (C=S) groups is 1. The second-order valence-electron chi connectivity index (χ2n) is 3.90. The predicted molar refractivity (Wildman–Crippen MR) is 71.9 cm³/mol. The molecule has 1 amide bonds. The van der Waals surface area contributed by atoms with Gasteiger partial charge in [0, 0.05) is 14.1 Å². The summed E-state index contributed by atoms with van der Waals surface area (Å²) in [6.07, 6.45) is 1.61. The summed E-state index contributed by atoms with van der Waals surface area (Å²) in [6, 6.07) is 3.21. The van der Waals surface area contributed by atoms with Gasteiger partial charge in [0.2, 0.25) is 5.91 Å². The van der Waals surface area contributed by atoms with Gasteiger partial charge in [-0.05, 0) is 19.1 Å². The number of nitrogens with two attached hydrogens (primary N) is 1. The Hall–Kier alpha value is -1.69. The fourth-order valence-corrected chi connectivity index (χ4v) is 1.44. The molecule has 17 heavy (non-hydrogen) atoms. The number of carbonyl (C=O) groups excluding carboxylic acids is 1. The van der Waals surface area contributed by atoms with Gasteiger partial charge in [-0.15, -0.1) is 0 Å². The van der Waals surface area contributed by atoms with Crippen LogP contribution in [0.2, 0.25) is 0 Å². The lowest BCUT2D eigenvalue weighted by molar-refractivity contribution is -0.129. The van der Waals surface area contributed by atoms with E-state index in [0.29, 0.717) is 5.69 Å². The van der Waals surface area contributed by atoms with E-state index in [1.54, 1.807) is 39.3 Å². The van der Waals surface area contributed by atoms with Crippen molar-refractivity contribution in [2.45, 2.75) is 13.0 Å². The highest BCUT2D eigenvalue weighted by Gasteiger charge is 2.14. The molecule has 1 heterocycles. The summed E-state index contributed by atoms with van der Waals surface area (Å²) in [7, 11) is 3.43. The molecule has 0 spiro atoms. The molecule has 0 radical (unpaired) electrons. The molecular formula is C11H16N4OS. The zero-order valence-electron chi connectivity index (χ0n) is 10.1. The summed E-state index contributed by atoms with van der Waals surface area (Å²) in [6.45, 7) is 1.80. The maximum Gasteiger partial charge on any atom is 0.244 e. The van der Waals surface area contributed by atoms with Crippen molar-refractivity contribution < 1.29 is 4.79 Å². The molecule has 0 aliphatic heterocycles. The van der Waals surface area contributed by atoms with E-state index in [4.69, 9.17) is 18.0 Å². The van der Waals surface area contributed by atoms with Crippen molar-refractivity contribution in [2.75, 3.05) is 19.4 Å². The Balaban J connectivity index is 2.69. The van der Waals surface area contributed by atoms with Crippen molar-refractivity contribution in [2.24, 2.45) is 5.73 Å². The lowest BCUT2D eigenvalue weighted by atomic mass is 10.2. The highest BCUT2D eigenvalue weighted by atomic mass is 32.1. The highest BCUT2D eigenvalue weighted by Crippen LogP contribution is 2.08. The molecule has 5 nitrogen and oxygen atoms in total. The van der Waals surface area contributed by atoms with Gasteiger partial charge in [-0.25, -0.2) is 0 Å². The first-order chi connectivity index (χ1) is 7.91. The van der Waals surface area contributed by atoms with E-state index in [0.717, 1.165) is 5.69 Å². The van der Waals surface area contributed by atoms with Gasteiger partial charge in [-0.2, -0.15) is 0 Å². The van der Waals surface area contributed by atoms with Crippen molar-refractivity contribution >= 4 is 28.8 Å². The van der Waals surface area contributed by atoms with Crippen molar-refractivity contribution in [1.82, 2.24) is 9.88 Å². The first-order valence-corrected chi connectivity index (χ1v) is 5.56. The number of pyridine rings is 1. The number of hydrogen-bond donors (Lipinski definition) is 2. The average molecular weight is 252 g/mol. The molecule has 0 bridgehead atoms. The summed E-state index contributed by atoms with van der Waals surface area (Å²) in [5, 5.41) is 3.05. The zero-order valence-corrected chi connectivity index (χ0v) is 10.9. The number of anilines is 1. The largest absolute Gasteiger partial charge is 0.388 e. The Kier molecular flexibility index (Phi) is 4.39. The Morgan fingerprint density at radius 2 is 2.18 bits per heavy atom. The lowest BCUT2D eigenvalue weighted by Crippen LogP contribution is -2.36. The molecule has 0 saturated carbocycles. The van der Waals surface area contributed by atoms with E-state index in [2.05, 4.69) is 10.3 Å². The molecule has 0 saturated heterocycles. The smallest absolute Gasteiger partial charge is 0.244 e. The van der Waals surface area contributed by atoms with E-state index in [1.165, 1.54) is 4.90 Å². The fraction of sp³-hybridized carbons (Fsp3) is 0.364. The van der Waals surface area contributed by atoms with E-state index in [9.17, 15) is 4.79 Å². The first kappa shape index (κ1) is 13.4. The molecular weight excluding hydrogens is 236 g/mol. The number of nitrogens with zero attached hydrogens (tertiary/aromatic N) is 2. The molecule has 6 heteroatoms. The van der Waals surface area contributed by atoms with Crippen LogP contribution in [-0.4, -0.2) is 40.9 Å². The normalized spacial score (nSPS) is 11.7. The van der Waals surface area contributed by atoms with Crippen LogP contribution in [-0.2, 0) is 4.79 Å². The second-order valence-corrected chi connectivity index (χ2v) is 4.33. The van der Waals surface area contributed by atoms with Gasteiger partial charge in [-0.1, -0.05) is 12.2 Å². The minimum Gasteiger partial charge on any atom is -0.388 e. The number of likely N-dealkylation sites (N-methyl/N-ethyl adjacent to an activating group) is 1. The Morgan fingerprint density at radius 3 is 2.59 bits per heavy atom. The van der Waals surface area contributed by atoms with Gasteiger partial charge in [0.15, 0.2) is 0 Å². The third kappa shape index (κ3) is 3.67. The molecule has 0 aliphatic carbocycles. The van der Waals surface area contributed by atoms with Crippen LogP contribution < -0.4 is 11.1 Å². The highest BCUT2D eigenvalue weighted by molar-refractivity contribution is 7.80. The van der Waals surface area contributed by atoms with Crippen molar-refractivity contribution in [3.63, 3.8) is 0 Å². The molecule has 1 aromatic rings. The topological polar surface area (TPSA) is 71.2 Å². The van der Waals surface area contributed by atoms with Crippen LogP contribution in [0, 0.1) is 0 Å². The van der Waals surface area contributed by atoms with Crippen LogP contribution in [0.15, 0.2) is 18.3 Å². The van der Waals surface area contributed by atoms with Gasteiger partial charge in [0.05, 0.1) is 17.6 Å². The third-order valence-electron chi connectivity index (χ3n) is 2.21. The van der Waals surface area contributed by atoms with Crippen LogP contribution in [0.4, 0.5) is 5.69 Å². The van der Waals surface area contributed by atoms with Crippen molar-refractivity contribution in [3.8, 4) is 0 Å². The quantitative estimate of drug-likeness (QED) is 0.768. The summed E-state index contributed by atoms with van der Waals surface area (Å²) >= 11 is 4.80. The number of nitrogens with one attached hydrogen (secondary N) is 1. The van der Waals surface area contributed by atoms with Crippen LogP contribution in [0.3, 0.4) is 0 Å². The number of rotatable bonds is 4. The van der Waals surface area contributed by atoms with Gasteiger partial charge >= 0.3 is 0 Å². The van der Waals surface area contributed by atoms with Gasteiger partial charge in [0.1, 0.15) is 11.0 Å². The average Bonchev–Trinajstić information content (AvgIpc) is 2.28. The maximum atomic E-state index is 11.6. The molecule has 1 aromatic heterocycles. The molecule has 3 N–H and O–H groups in total. The number of amides is 1. The molecule has 0 aliphatic rings. The molecule has 0 aromatic carbocycles. The first-order valence-electron chi connectivity index (χ1n) is 5.15. The monoisotopic (exact) mass is 252 g/mol. The van der Waals surface area contributed by atoms with Gasteiger partial charge in [-0.3, -0.25) is 9.78 Å². The minimum atomic E-state index is -0.303. The van der Waals surface area contributed by atoms with Crippen molar-refractivity contribution in [1.29, 1.82) is 0 Å². The van der Waals surface area contributed by atoms with Crippen molar-refractivity contribution in [3.05, 3.63) is 24.0 Å². The van der Waals surface area contributed by atoms with Crippen LogP contribution in [0.1, 0.15) is 12.6 Å². The molecule has 0 fully saturated rings. The van der Waals surface area contributed by atoms with Crippen LogP contribution in [0.5, 0.6) is 0 Å². The SMILES string of the molecule is CC(Nc1ccc(C(N)=S)nc1)C(=O)N(C)C. The van der Waals surface area contributed by atoms with E-state index >= 15 is 0 Å². The Morgan fingerprint density at radius 1 is 1.53 bits per heavy atom. The summed E-state index contributed by atoms with van der Waals surface area (Å²) in [4.78, 5) is 17.5. The zero-order chi connectivity index (χ0) is 13.0. The second kappa shape index (κ2) is 5.58. The lowest BCUT2D eigenvalue weighted by Gasteiger charge is -2.18. The van der Waals surface area contributed by atoms with E-state index < -0.39 is 0 Å². The van der Waals surface area contributed by atoms with Gasteiger partial charge < -0.3 is 16.0 Å². The van der Waals surface area contributed by atoms with Crippen LogP contribution in [0.25, 0.3) is 0 Å². The standard InChI is InChI=1S/C11H16N4OS/c1-7(11(16)15(2)3)14-8-4-5-9(10(12)17)13-6-8/h4-7,14H,1-3H3,(H2,12,17). The maximum absolute atomic E-state index is 11.6. The van der Waals surface area contributed by atoms with Crippen LogP contribution >= 0.6 is 12.2 Å². The Bertz CT molecular complexity index is 416. The van der Waals surface area contributed by atoms with Gasteiger partial charge in [0.25, 0.3) is 0 Å². The molecule has 1 atom stereocenters. The number of aromatic nitrogens is 1. The van der Waals surface area contributed by atoms with E-state index in [-0.39, 0.29) is 16.9 Å². The number of carbonyl (C=O) groups is 1. The number of hydrogen-bond acceptors (Lipinski definition) is 4. The predicted octanol–water partition coefficient (Wildman–Crippen LogP) is 0.604.